The molecule has 1 N–H and O–H groups in total. The van der Waals surface area contributed by atoms with Gasteiger partial charge in [0.2, 0.25) is 5.91 Å². The molecular weight excluding hydrogens is 248 g/mol. The summed E-state index contributed by atoms with van der Waals surface area (Å²) in [5.41, 5.74) is 0.669. The second kappa shape index (κ2) is 6.92. The van der Waals surface area contributed by atoms with E-state index < -0.39 is 16.7 Å². The number of benzene rings is 1. The highest BCUT2D eigenvalue weighted by molar-refractivity contribution is 7.84. The van der Waals surface area contributed by atoms with Crippen LogP contribution in [0.5, 0.6) is 0 Å². The molecule has 0 heterocycles. The molecule has 3 unspecified atom stereocenters. The Morgan fingerprint density at radius 2 is 2.06 bits per heavy atom. The molecule has 1 rings (SSSR count). The van der Waals surface area contributed by atoms with Crippen LogP contribution in [0.25, 0.3) is 0 Å². The van der Waals surface area contributed by atoms with Crippen molar-refractivity contribution in [2.45, 2.75) is 18.1 Å². The van der Waals surface area contributed by atoms with Crippen LogP contribution >= 0.6 is 0 Å². The van der Waals surface area contributed by atoms with Gasteiger partial charge in [0, 0.05) is 28.9 Å². The first-order chi connectivity index (χ1) is 8.56. The zero-order valence-corrected chi connectivity index (χ0v) is 11.2. The van der Waals surface area contributed by atoms with Gasteiger partial charge in [0.1, 0.15) is 5.92 Å². The van der Waals surface area contributed by atoms with Crippen molar-refractivity contribution in [3.63, 3.8) is 0 Å². The van der Waals surface area contributed by atoms with Gasteiger partial charge in [-0.25, -0.2) is 0 Å². The molecule has 1 aromatic carbocycles. The summed E-state index contributed by atoms with van der Waals surface area (Å²) >= 11 is 0. The number of hydrogen-bond acceptors (Lipinski definition) is 3. The second-order valence-corrected chi connectivity index (χ2v) is 5.83. The van der Waals surface area contributed by atoms with E-state index in [1.54, 1.807) is 37.4 Å². The topological polar surface area (TPSA) is 70.0 Å². The van der Waals surface area contributed by atoms with Crippen molar-refractivity contribution < 1.29 is 9.00 Å². The maximum atomic E-state index is 11.9. The Hall–Kier alpha value is -1.67. The largest absolute Gasteiger partial charge is 0.353 e. The lowest BCUT2D eigenvalue weighted by atomic mass is 10.00. The van der Waals surface area contributed by atoms with E-state index in [0.29, 0.717) is 12.1 Å². The predicted octanol–water partition coefficient (Wildman–Crippen LogP) is 1.18. The van der Waals surface area contributed by atoms with Crippen LogP contribution in [0.4, 0.5) is 0 Å². The molecule has 0 radical (unpaired) electrons. The Morgan fingerprint density at radius 1 is 1.44 bits per heavy atom. The Labute approximate surface area is 109 Å². The fourth-order valence-corrected chi connectivity index (χ4v) is 1.71. The third-order valence-electron chi connectivity index (χ3n) is 2.65. The monoisotopic (exact) mass is 264 g/mol. The molecule has 0 aliphatic heterocycles. The van der Waals surface area contributed by atoms with E-state index in [1.165, 1.54) is 0 Å². The summed E-state index contributed by atoms with van der Waals surface area (Å²) < 4.78 is 11.2. The quantitative estimate of drug-likeness (QED) is 0.868. The highest BCUT2D eigenvalue weighted by atomic mass is 32.2. The second-order valence-electron chi connectivity index (χ2n) is 4.03. The van der Waals surface area contributed by atoms with Crippen molar-refractivity contribution in [1.82, 2.24) is 5.32 Å². The van der Waals surface area contributed by atoms with Gasteiger partial charge in [-0.05, 0) is 12.5 Å². The number of nitriles is 1. The number of nitrogens with one attached hydrogen (secondary N) is 1. The van der Waals surface area contributed by atoms with E-state index in [2.05, 4.69) is 5.32 Å². The Bertz CT molecular complexity index is 468. The molecule has 0 aliphatic carbocycles. The fraction of sp³-hybridized carbons (Fsp3) is 0.385. The summed E-state index contributed by atoms with van der Waals surface area (Å²) in [6.07, 6.45) is 1.59. The molecule has 0 aromatic heterocycles. The van der Waals surface area contributed by atoms with Crippen LogP contribution in [0, 0.1) is 11.3 Å². The molecule has 0 saturated carbocycles. The standard InChI is InChI=1S/C13H16N2O2S/c1-10(18(2)17)9-15-13(16)12(8-14)11-6-4-3-5-7-11/h3-7,10,12H,9H2,1-2H3,(H,15,16). The summed E-state index contributed by atoms with van der Waals surface area (Å²) in [7, 11) is -0.984. The van der Waals surface area contributed by atoms with Gasteiger partial charge in [-0.1, -0.05) is 30.3 Å². The van der Waals surface area contributed by atoms with Crippen molar-refractivity contribution in [2.24, 2.45) is 0 Å². The summed E-state index contributed by atoms with van der Waals surface area (Å²) in [5.74, 6) is -1.16. The third-order valence-corrected chi connectivity index (χ3v) is 3.95. The molecule has 0 aliphatic rings. The summed E-state index contributed by atoms with van der Waals surface area (Å²) in [6, 6.07) is 10.9. The zero-order valence-electron chi connectivity index (χ0n) is 10.4. The molecule has 4 nitrogen and oxygen atoms in total. The molecule has 0 saturated heterocycles. The van der Waals surface area contributed by atoms with Gasteiger partial charge in [-0.3, -0.25) is 9.00 Å². The van der Waals surface area contributed by atoms with Gasteiger partial charge in [0.05, 0.1) is 6.07 Å². The van der Waals surface area contributed by atoms with Crippen LogP contribution in [-0.4, -0.2) is 28.2 Å². The first kappa shape index (κ1) is 14.4. The number of amides is 1. The summed E-state index contributed by atoms with van der Waals surface area (Å²) in [4.78, 5) is 11.9. The number of carbonyl (C=O) groups is 1. The molecule has 0 bridgehead atoms. The van der Waals surface area contributed by atoms with Crippen molar-refractivity contribution >= 4 is 16.7 Å². The highest BCUT2D eigenvalue weighted by Crippen LogP contribution is 2.14. The van der Waals surface area contributed by atoms with E-state index in [4.69, 9.17) is 5.26 Å². The predicted molar refractivity (Wildman–Crippen MR) is 71.3 cm³/mol. The molecule has 96 valence electrons. The van der Waals surface area contributed by atoms with Crippen LogP contribution < -0.4 is 5.32 Å². The zero-order chi connectivity index (χ0) is 13.5. The number of nitrogens with zero attached hydrogens (tertiary/aromatic N) is 1. The molecule has 0 spiro atoms. The number of hydrogen-bond donors (Lipinski definition) is 1. The lowest BCUT2D eigenvalue weighted by Gasteiger charge is -2.13. The molecule has 1 aromatic rings. The molecule has 3 atom stereocenters. The first-order valence-electron chi connectivity index (χ1n) is 5.60. The third kappa shape index (κ3) is 3.97. The van der Waals surface area contributed by atoms with E-state index in [9.17, 15) is 9.00 Å². The Kier molecular flexibility index (Phi) is 5.53. The van der Waals surface area contributed by atoms with Gasteiger partial charge in [0.25, 0.3) is 0 Å². The maximum absolute atomic E-state index is 11.9. The van der Waals surface area contributed by atoms with Crippen molar-refractivity contribution in [3.8, 4) is 6.07 Å². The smallest absolute Gasteiger partial charge is 0.241 e. The van der Waals surface area contributed by atoms with Crippen molar-refractivity contribution in [2.75, 3.05) is 12.8 Å². The lowest BCUT2D eigenvalue weighted by Crippen LogP contribution is -2.35. The Balaban J connectivity index is 2.65. The van der Waals surface area contributed by atoms with Crippen LogP contribution in [0.2, 0.25) is 0 Å². The maximum Gasteiger partial charge on any atom is 0.241 e. The van der Waals surface area contributed by atoms with E-state index in [0.717, 1.165) is 0 Å². The van der Waals surface area contributed by atoms with E-state index in [-0.39, 0.29) is 11.2 Å². The van der Waals surface area contributed by atoms with Crippen LogP contribution in [0.1, 0.15) is 18.4 Å². The van der Waals surface area contributed by atoms with E-state index >= 15 is 0 Å². The van der Waals surface area contributed by atoms with Gasteiger partial charge < -0.3 is 5.32 Å². The van der Waals surface area contributed by atoms with Gasteiger partial charge in [-0.15, -0.1) is 0 Å². The normalized spacial score (nSPS) is 15.2. The van der Waals surface area contributed by atoms with Gasteiger partial charge in [0.15, 0.2) is 0 Å². The van der Waals surface area contributed by atoms with Gasteiger partial charge >= 0.3 is 0 Å². The summed E-state index contributed by atoms with van der Waals surface area (Å²) in [6.45, 7) is 2.10. The molecular formula is C13H16N2O2S. The van der Waals surface area contributed by atoms with Crippen molar-refractivity contribution in [3.05, 3.63) is 35.9 Å². The SMILES string of the molecule is CC(CNC(=O)C(C#N)c1ccccc1)S(C)=O. The molecule has 0 fully saturated rings. The van der Waals surface area contributed by atoms with E-state index in [1.807, 2.05) is 12.1 Å². The minimum Gasteiger partial charge on any atom is -0.353 e. The molecule has 18 heavy (non-hydrogen) atoms. The first-order valence-corrected chi connectivity index (χ1v) is 7.23. The average molecular weight is 264 g/mol. The van der Waals surface area contributed by atoms with Crippen molar-refractivity contribution in [1.29, 1.82) is 5.26 Å². The molecule has 1 amide bonds. The lowest BCUT2D eigenvalue weighted by molar-refractivity contribution is -0.121. The minimum absolute atomic E-state index is 0.121. The van der Waals surface area contributed by atoms with Crippen LogP contribution in [-0.2, 0) is 15.6 Å². The highest BCUT2D eigenvalue weighted by Gasteiger charge is 2.20. The average Bonchev–Trinajstić information content (AvgIpc) is 2.38. The summed E-state index contributed by atoms with van der Waals surface area (Å²) in [5, 5.41) is 11.6. The fourth-order valence-electron chi connectivity index (χ4n) is 1.39. The number of carbonyl (C=O) groups excluding carboxylic acids is 1. The molecule has 5 heteroatoms. The van der Waals surface area contributed by atoms with Crippen LogP contribution in [0.3, 0.4) is 0 Å². The Morgan fingerprint density at radius 3 is 2.56 bits per heavy atom. The van der Waals surface area contributed by atoms with Gasteiger partial charge in [-0.2, -0.15) is 5.26 Å². The minimum atomic E-state index is -0.984. The van der Waals surface area contributed by atoms with Crippen LogP contribution in [0.15, 0.2) is 30.3 Å². The number of rotatable bonds is 5.